The van der Waals surface area contributed by atoms with Crippen LogP contribution in [-0.2, 0) is 20.1 Å². The Hall–Kier alpha value is -0.961. The van der Waals surface area contributed by atoms with Gasteiger partial charge in [0.15, 0.2) is 0 Å². The molecule has 0 aromatic carbocycles. The zero-order chi connectivity index (χ0) is 15.6. The van der Waals surface area contributed by atoms with Crippen molar-refractivity contribution in [3.05, 3.63) is 23.9 Å². The van der Waals surface area contributed by atoms with E-state index in [1.807, 2.05) is 0 Å². The van der Waals surface area contributed by atoms with Gasteiger partial charge in [-0.25, -0.2) is 8.78 Å². The zero-order valence-corrected chi connectivity index (χ0v) is 12.2. The maximum Gasteiger partial charge on any atom is 0.378 e. The van der Waals surface area contributed by atoms with Gasteiger partial charge in [-0.1, -0.05) is 5.57 Å². The van der Waals surface area contributed by atoms with Crippen LogP contribution in [0.15, 0.2) is 10.6 Å². The Morgan fingerprint density at radius 3 is 1.95 bits per heavy atom. The van der Waals surface area contributed by atoms with E-state index in [9.17, 15) is 35.1 Å². The van der Waals surface area contributed by atoms with Gasteiger partial charge in [0.1, 0.15) is 0 Å². The molecular weight excluding hydrogens is 494 g/mol. The van der Waals surface area contributed by atoms with E-state index < -0.39 is 35.2 Å². The Bertz CT molecular complexity index is 579. The third-order valence-electron chi connectivity index (χ3n) is 2.61. The fourth-order valence-electron chi connectivity index (χ4n) is 1.52. The predicted octanol–water partition coefficient (Wildman–Crippen LogP) is 3.72. The minimum absolute atomic E-state index is 0. The fraction of sp³-hybridized carbons (Fsp3) is 0.500. The molecular formula is C10H4F8IrNO-. The number of aromatic nitrogens is 1. The second-order valence-electron chi connectivity index (χ2n) is 4.07. The third-order valence-corrected chi connectivity index (χ3v) is 2.61. The van der Waals surface area contributed by atoms with Gasteiger partial charge in [0.05, 0.1) is 11.7 Å². The summed E-state index contributed by atoms with van der Waals surface area (Å²) in [7, 11) is 0. The molecule has 0 amide bonds. The van der Waals surface area contributed by atoms with Gasteiger partial charge in [-0.2, -0.15) is 32.4 Å². The second kappa shape index (κ2) is 4.77. The zero-order valence-electron chi connectivity index (χ0n) is 9.79. The SMILES string of the molecule is Cc1cnc(C2=[C-]C(F)(F)C(F)(F)C(F)(F)C2(F)F)o1.[Ir]. The molecule has 0 saturated heterocycles. The Morgan fingerprint density at radius 2 is 1.52 bits per heavy atom. The first kappa shape index (κ1) is 18.1. The van der Waals surface area contributed by atoms with Crippen molar-refractivity contribution in [2.75, 3.05) is 0 Å². The normalized spacial score (nSPS) is 24.9. The van der Waals surface area contributed by atoms with Crippen molar-refractivity contribution in [2.45, 2.75) is 30.6 Å². The number of allylic oxidation sites excluding steroid dienone is 2. The minimum Gasteiger partial charge on any atom is -0.529 e. The molecule has 0 saturated carbocycles. The van der Waals surface area contributed by atoms with Crippen molar-refractivity contribution < 1.29 is 59.6 Å². The van der Waals surface area contributed by atoms with E-state index >= 15 is 0 Å². The molecule has 1 aromatic heterocycles. The topological polar surface area (TPSA) is 26.0 Å². The third kappa shape index (κ3) is 2.21. The van der Waals surface area contributed by atoms with E-state index in [2.05, 4.69) is 9.40 Å². The second-order valence-corrected chi connectivity index (χ2v) is 4.07. The van der Waals surface area contributed by atoms with Crippen molar-refractivity contribution in [2.24, 2.45) is 0 Å². The predicted molar refractivity (Wildman–Crippen MR) is 47.7 cm³/mol. The summed E-state index contributed by atoms with van der Waals surface area (Å²) in [5.41, 5.74) is -2.20. The quantitative estimate of drug-likeness (QED) is 0.436. The molecule has 0 unspecified atom stereocenters. The molecule has 1 aliphatic rings. The first-order chi connectivity index (χ1) is 8.84. The summed E-state index contributed by atoms with van der Waals surface area (Å²) in [4.78, 5) is 3.06. The minimum atomic E-state index is -6.33. The fourth-order valence-corrected chi connectivity index (χ4v) is 1.52. The molecule has 0 spiro atoms. The van der Waals surface area contributed by atoms with Crippen LogP contribution in [-0.4, -0.2) is 28.7 Å². The maximum absolute atomic E-state index is 13.4. The summed E-state index contributed by atoms with van der Waals surface area (Å²) < 4.78 is 109. The van der Waals surface area contributed by atoms with Gasteiger partial charge in [0.25, 0.3) is 5.92 Å². The number of aryl methyl sites for hydroxylation is 1. The summed E-state index contributed by atoms with van der Waals surface area (Å²) in [5.74, 6) is -25.3. The Kier molecular flexibility index (Phi) is 4.11. The molecule has 0 bridgehead atoms. The first-order valence-electron chi connectivity index (χ1n) is 4.94. The monoisotopic (exact) mass is 499 g/mol. The maximum atomic E-state index is 13.4. The van der Waals surface area contributed by atoms with Gasteiger partial charge in [0.2, 0.25) is 0 Å². The van der Waals surface area contributed by atoms with Crippen LogP contribution in [0.4, 0.5) is 35.1 Å². The smallest absolute Gasteiger partial charge is 0.378 e. The molecule has 1 aromatic rings. The standard InChI is InChI=1S/C10H4F8NO.Ir/c1-4-3-19-6(20-4)5-2-7(11,12)9(15,16)10(17,18)8(5,13)14;/h3H,1H3;/q-1;. The number of nitrogens with zero attached hydrogens (tertiary/aromatic N) is 1. The first-order valence-corrected chi connectivity index (χ1v) is 4.94. The van der Waals surface area contributed by atoms with Gasteiger partial charge in [-0.3, -0.25) is 0 Å². The Morgan fingerprint density at radius 1 is 1.00 bits per heavy atom. The van der Waals surface area contributed by atoms with Crippen molar-refractivity contribution in [1.82, 2.24) is 4.98 Å². The van der Waals surface area contributed by atoms with Gasteiger partial charge in [-0.05, 0) is 6.92 Å². The summed E-state index contributed by atoms with van der Waals surface area (Å²) in [6.07, 6.45) is 1.19. The van der Waals surface area contributed by atoms with Crippen LogP contribution in [0, 0.1) is 13.0 Å². The summed E-state index contributed by atoms with van der Waals surface area (Å²) in [6.45, 7) is 1.17. The van der Waals surface area contributed by atoms with Crippen LogP contribution in [0.2, 0.25) is 0 Å². The summed E-state index contributed by atoms with van der Waals surface area (Å²) in [5, 5.41) is 0. The molecule has 0 atom stereocenters. The summed E-state index contributed by atoms with van der Waals surface area (Å²) in [6, 6.07) is 0. The summed E-state index contributed by atoms with van der Waals surface area (Å²) >= 11 is 0. The van der Waals surface area contributed by atoms with Crippen molar-refractivity contribution in [3.8, 4) is 0 Å². The number of halogens is 8. The molecule has 0 fully saturated rings. The van der Waals surface area contributed by atoms with Gasteiger partial charge < -0.3 is 9.40 Å². The van der Waals surface area contributed by atoms with Crippen LogP contribution in [0.25, 0.3) is 5.57 Å². The molecule has 2 rings (SSSR count). The molecule has 2 nitrogen and oxygen atoms in total. The van der Waals surface area contributed by atoms with Crippen LogP contribution in [0.1, 0.15) is 11.7 Å². The van der Waals surface area contributed by atoms with E-state index in [-0.39, 0.29) is 25.9 Å². The number of oxazole rings is 1. The molecule has 11 heteroatoms. The van der Waals surface area contributed by atoms with Crippen LogP contribution in [0.5, 0.6) is 0 Å². The van der Waals surface area contributed by atoms with Crippen molar-refractivity contribution >= 4 is 5.57 Å². The Balaban J connectivity index is 0.00000220. The van der Waals surface area contributed by atoms with Gasteiger partial charge in [-0.15, -0.1) is 0 Å². The van der Waals surface area contributed by atoms with Gasteiger partial charge >= 0.3 is 17.8 Å². The molecule has 0 N–H and O–H groups in total. The Labute approximate surface area is 125 Å². The average Bonchev–Trinajstić information content (AvgIpc) is 2.70. The number of rotatable bonds is 1. The van der Waals surface area contributed by atoms with E-state index in [0.29, 0.717) is 6.08 Å². The van der Waals surface area contributed by atoms with Crippen molar-refractivity contribution in [1.29, 1.82) is 0 Å². The van der Waals surface area contributed by atoms with Crippen LogP contribution < -0.4 is 0 Å². The van der Waals surface area contributed by atoms with Crippen LogP contribution >= 0.6 is 0 Å². The molecule has 1 aliphatic carbocycles. The molecule has 21 heavy (non-hydrogen) atoms. The van der Waals surface area contributed by atoms with Gasteiger partial charge in [0, 0.05) is 26.3 Å². The molecule has 1 radical (unpaired) electrons. The largest absolute Gasteiger partial charge is 0.529 e. The van der Waals surface area contributed by atoms with Crippen molar-refractivity contribution in [3.63, 3.8) is 0 Å². The number of hydrogen-bond donors (Lipinski definition) is 0. The average molecular weight is 498 g/mol. The number of hydrogen-bond acceptors (Lipinski definition) is 2. The number of alkyl halides is 8. The van der Waals surface area contributed by atoms with E-state index in [0.717, 1.165) is 6.20 Å². The molecule has 1 heterocycles. The van der Waals surface area contributed by atoms with E-state index in [1.165, 1.54) is 6.92 Å². The van der Waals surface area contributed by atoms with E-state index in [4.69, 9.17) is 0 Å². The van der Waals surface area contributed by atoms with E-state index in [1.54, 1.807) is 0 Å². The van der Waals surface area contributed by atoms with Crippen LogP contribution in [0.3, 0.4) is 0 Å². The molecule has 121 valence electrons. The molecule has 0 aliphatic heterocycles.